The van der Waals surface area contributed by atoms with Gasteiger partial charge >= 0.3 is 6.09 Å². The van der Waals surface area contributed by atoms with Gasteiger partial charge in [-0.25, -0.2) is 4.79 Å². The molecule has 2 aliphatic rings. The summed E-state index contributed by atoms with van der Waals surface area (Å²) in [7, 11) is 0. The van der Waals surface area contributed by atoms with E-state index in [4.69, 9.17) is 4.74 Å². The Morgan fingerprint density at radius 3 is 2.45 bits per heavy atom. The van der Waals surface area contributed by atoms with Crippen molar-refractivity contribution in [2.75, 3.05) is 37.7 Å². The Hall–Kier alpha value is -0.420. The molecular weight excluding hydrogens is 272 g/mol. The molecule has 0 aromatic heterocycles. The fraction of sp³-hybridized carbons (Fsp3) is 0.933. The third-order valence-electron chi connectivity index (χ3n) is 3.09. The normalized spacial score (nSPS) is 22.9. The first-order chi connectivity index (χ1) is 8.96. The van der Waals surface area contributed by atoms with Crippen molar-refractivity contribution in [3.05, 3.63) is 0 Å². The largest absolute Gasteiger partial charge is 0.444 e. The van der Waals surface area contributed by atoms with Crippen LogP contribution in [0.1, 0.15) is 42.0 Å². The zero-order chi connectivity index (χ0) is 14.5. The van der Waals surface area contributed by atoms with E-state index in [1.807, 2.05) is 51.3 Å². The van der Waals surface area contributed by atoms with Crippen molar-refractivity contribution < 1.29 is 9.53 Å². The van der Waals surface area contributed by atoms with Gasteiger partial charge in [0.15, 0.2) is 0 Å². The van der Waals surface area contributed by atoms with Crippen LogP contribution in [0.25, 0.3) is 0 Å². The van der Waals surface area contributed by atoms with Gasteiger partial charge in [0.05, 0.1) is 0 Å². The molecule has 20 heavy (non-hydrogen) atoms. The lowest BCUT2D eigenvalue weighted by molar-refractivity contribution is 0.00662. The van der Waals surface area contributed by atoms with Crippen LogP contribution in [-0.2, 0) is 4.74 Å². The molecule has 2 heterocycles. The second kappa shape index (κ2) is 8.78. The van der Waals surface area contributed by atoms with Crippen LogP contribution in [0.4, 0.5) is 4.79 Å². The van der Waals surface area contributed by atoms with Gasteiger partial charge in [-0.15, -0.1) is 0 Å². The molecule has 0 saturated carbocycles. The molecule has 1 unspecified atom stereocenters. The molecule has 1 amide bonds. The third kappa shape index (κ3) is 5.92. The molecule has 0 N–H and O–H groups in total. The Morgan fingerprint density at radius 2 is 1.85 bits per heavy atom. The Bertz CT molecular complexity index is 292. The van der Waals surface area contributed by atoms with Crippen molar-refractivity contribution in [2.45, 2.75) is 53.7 Å². The summed E-state index contributed by atoms with van der Waals surface area (Å²) in [4.78, 5) is 16.3. The van der Waals surface area contributed by atoms with Gasteiger partial charge < -0.3 is 9.64 Å². The van der Waals surface area contributed by atoms with Crippen LogP contribution in [0.5, 0.6) is 0 Å². The molecular formula is C15H32N2O2S. The van der Waals surface area contributed by atoms with Gasteiger partial charge in [-0.05, 0) is 20.8 Å². The minimum absolute atomic E-state index is 0. The molecule has 1 atom stereocenters. The smallest absolute Gasteiger partial charge is 0.410 e. The van der Waals surface area contributed by atoms with Gasteiger partial charge in [-0.2, -0.15) is 11.8 Å². The minimum atomic E-state index is -0.393. The first-order valence-corrected chi connectivity index (χ1v) is 8.41. The summed E-state index contributed by atoms with van der Waals surface area (Å²) in [5.74, 6) is 2.36. The number of carbonyl (C=O) groups excluding carboxylic acids is 1. The van der Waals surface area contributed by atoms with E-state index >= 15 is 0 Å². The van der Waals surface area contributed by atoms with Crippen molar-refractivity contribution in [1.29, 1.82) is 0 Å². The van der Waals surface area contributed by atoms with Crippen molar-refractivity contribution in [1.82, 2.24) is 9.80 Å². The molecule has 0 aromatic carbocycles. The Balaban J connectivity index is 0.00000115. The van der Waals surface area contributed by atoms with Crippen LogP contribution < -0.4 is 0 Å². The molecule has 2 saturated heterocycles. The number of fused-ring (bicyclic) bond motifs is 1. The Morgan fingerprint density at radius 1 is 1.20 bits per heavy atom. The molecule has 2 fully saturated rings. The summed E-state index contributed by atoms with van der Waals surface area (Å²) >= 11 is 1.99. The molecule has 0 radical (unpaired) electrons. The van der Waals surface area contributed by atoms with E-state index in [-0.39, 0.29) is 13.5 Å². The van der Waals surface area contributed by atoms with Gasteiger partial charge in [-0.3, -0.25) is 4.90 Å². The molecule has 0 bridgehead atoms. The number of thioether (sulfide) groups is 1. The van der Waals surface area contributed by atoms with Gasteiger partial charge in [0, 0.05) is 43.7 Å². The van der Waals surface area contributed by atoms with Gasteiger partial charge in [0.1, 0.15) is 5.60 Å². The predicted molar refractivity (Wildman–Crippen MR) is 88.6 cm³/mol. The maximum absolute atomic E-state index is 12.0. The molecule has 0 aliphatic carbocycles. The molecule has 4 nitrogen and oxygen atoms in total. The second-order valence-corrected chi connectivity index (χ2v) is 6.84. The van der Waals surface area contributed by atoms with Crippen LogP contribution in [0.15, 0.2) is 0 Å². The van der Waals surface area contributed by atoms with E-state index in [0.717, 1.165) is 31.9 Å². The lowest BCUT2D eigenvalue weighted by atomic mass is 10.2. The van der Waals surface area contributed by atoms with Crippen molar-refractivity contribution >= 4 is 17.9 Å². The summed E-state index contributed by atoms with van der Waals surface area (Å²) in [6.07, 6.45) is -0.160. The third-order valence-corrected chi connectivity index (χ3v) is 4.18. The lowest BCUT2D eigenvalue weighted by Crippen LogP contribution is -2.58. The number of hydrogen-bond acceptors (Lipinski definition) is 4. The Kier molecular flexibility index (Phi) is 8.59. The van der Waals surface area contributed by atoms with E-state index in [1.54, 1.807) is 0 Å². The number of ether oxygens (including phenoxy) is 1. The summed E-state index contributed by atoms with van der Waals surface area (Å²) in [6.45, 7) is 13.5. The Labute approximate surface area is 129 Å². The predicted octanol–water partition coefficient (Wildman–Crippen LogP) is 3.32. The topological polar surface area (TPSA) is 32.8 Å². The van der Waals surface area contributed by atoms with Crippen LogP contribution in [0.3, 0.4) is 0 Å². The number of carbonyl (C=O) groups is 1. The van der Waals surface area contributed by atoms with Crippen LogP contribution in [0.2, 0.25) is 0 Å². The molecule has 0 spiro atoms. The number of rotatable bonds is 0. The molecule has 5 heteroatoms. The first kappa shape index (κ1) is 19.6. The number of piperazine rings is 1. The van der Waals surface area contributed by atoms with Gasteiger partial charge in [0.2, 0.25) is 0 Å². The maximum Gasteiger partial charge on any atom is 0.410 e. The van der Waals surface area contributed by atoms with E-state index < -0.39 is 5.60 Å². The quantitative estimate of drug-likeness (QED) is 0.687. The highest BCUT2D eigenvalue weighted by Crippen LogP contribution is 2.21. The van der Waals surface area contributed by atoms with Crippen LogP contribution in [-0.4, -0.2) is 65.2 Å². The van der Waals surface area contributed by atoms with Crippen molar-refractivity contribution in [3.63, 3.8) is 0 Å². The van der Waals surface area contributed by atoms with Crippen molar-refractivity contribution in [3.8, 4) is 0 Å². The number of amides is 1. The van der Waals surface area contributed by atoms with E-state index in [0.29, 0.717) is 6.04 Å². The maximum atomic E-state index is 12.0. The highest BCUT2D eigenvalue weighted by atomic mass is 32.2. The van der Waals surface area contributed by atoms with Crippen molar-refractivity contribution in [2.24, 2.45) is 0 Å². The average molecular weight is 304 g/mol. The second-order valence-electron chi connectivity index (χ2n) is 5.69. The zero-order valence-electron chi connectivity index (χ0n) is 12.9. The van der Waals surface area contributed by atoms with E-state index in [9.17, 15) is 4.79 Å². The fourth-order valence-corrected chi connectivity index (χ4v) is 3.36. The summed E-state index contributed by atoms with van der Waals surface area (Å²) < 4.78 is 5.42. The van der Waals surface area contributed by atoms with Gasteiger partial charge in [-0.1, -0.05) is 21.3 Å². The molecule has 0 aromatic rings. The number of hydrogen-bond donors (Lipinski definition) is 0. The SMILES string of the molecule is C.CC.CC(C)(C)OC(=O)N1CCN2CCSCC2C1. The minimum Gasteiger partial charge on any atom is -0.444 e. The monoisotopic (exact) mass is 304 g/mol. The summed E-state index contributed by atoms with van der Waals surface area (Å²) in [6, 6.07) is 0.523. The van der Waals surface area contributed by atoms with E-state index in [1.165, 1.54) is 5.75 Å². The lowest BCUT2D eigenvalue weighted by Gasteiger charge is -2.43. The van der Waals surface area contributed by atoms with Crippen LogP contribution >= 0.6 is 11.8 Å². The summed E-state index contributed by atoms with van der Waals surface area (Å²) in [5.41, 5.74) is -0.393. The highest BCUT2D eigenvalue weighted by Gasteiger charge is 2.33. The first-order valence-electron chi connectivity index (χ1n) is 7.25. The highest BCUT2D eigenvalue weighted by molar-refractivity contribution is 7.99. The molecule has 2 aliphatic heterocycles. The number of nitrogens with zero attached hydrogens (tertiary/aromatic N) is 2. The van der Waals surface area contributed by atoms with Gasteiger partial charge in [0.25, 0.3) is 0 Å². The average Bonchev–Trinajstić information content (AvgIpc) is 2.38. The molecule has 120 valence electrons. The standard InChI is InChI=1S/C12H22N2O2S.C2H6.CH4/c1-12(2,3)16-11(15)14-5-4-13-6-7-17-9-10(13)8-14;1-2;/h10H,4-9H2,1-3H3;1-2H3;1H4. The fourth-order valence-electron chi connectivity index (χ4n) is 2.24. The van der Waals surface area contributed by atoms with E-state index in [2.05, 4.69) is 4.90 Å². The molecule has 2 rings (SSSR count). The van der Waals surface area contributed by atoms with Crippen LogP contribution in [0, 0.1) is 0 Å². The zero-order valence-corrected chi connectivity index (χ0v) is 13.8. The summed E-state index contributed by atoms with van der Waals surface area (Å²) in [5, 5.41) is 0.